The van der Waals surface area contributed by atoms with Gasteiger partial charge < -0.3 is 24.6 Å². The second-order valence-corrected chi connectivity index (χ2v) is 9.08. The number of amides is 2. The smallest absolute Gasteiger partial charge is 0.369 e. The molecule has 0 spiro atoms. The molecule has 2 amide bonds. The quantitative estimate of drug-likeness (QED) is 0.288. The maximum absolute atomic E-state index is 14.7. The lowest BCUT2D eigenvalue weighted by molar-refractivity contribution is -0.142. The van der Waals surface area contributed by atoms with Crippen molar-refractivity contribution in [1.82, 2.24) is 19.6 Å². The van der Waals surface area contributed by atoms with Crippen LogP contribution >= 0.6 is 0 Å². The number of carbonyl (C=O) groups is 1. The summed E-state index contributed by atoms with van der Waals surface area (Å²) < 4.78 is 58.7. The van der Waals surface area contributed by atoms with E-state index in [4.69, 9.17) is 0 Å². The van der Waals surface area contributed by atoms with Gasteiger partial charge >= 0.3 is 12.2 Å². The Hall–Kier alpha value is -4.46. The minimum Gasteiger partial charge on any atom is -0.369 e. The number of nitrogens with zero attached hydrogens (tertiary/aromatic N) is 4. The van der Waals surface area contributed by atoms with E-state index in [0.717, 1.165) is 12.6 Å². The van der Waals surface area contributed by atoms with Crippen LogP contribution in [-0.2, 0) is 13.2 Å². The number of anilines is 3. The van der Waals surface area contributed by atoms with E-state index >= 15 is 0 Å². The number of pyridine rings is 2. The van der Waals surface area contributed by atoms with Crippen LogP contribution in [0.3, 0.4) is 0 Å². The van der Waals surface area contributed by atoms with Crippen LogP contribution in [0.1, 0.15) is 11.3 Å². The van der Waals surface area contributed by atoms with E-state index in [2.05, 4.69) is 25.3 Å². The number of fused-ring (bicyclic) bond motifs is 1. The molecule has 39 heavy (non-hydrogen) atoms. The average molecular weight is 548 g/mol. The third-order valence-electron chi connectivity index (χ3n) is 5.86. The van der Waals surface area contributed by atoms with Crippen molar-refractivity contribution in [2.75, 3.05) is 43.1 Å². The molecule has 206 valence electrons. The predicted molar refractivity (Wildman–Crippen MR) is 138 cm³/mol. The number of carbonyl (C=O) groups excluding carboxylic acids is 1. The summed E-state index contributed by atoms with van der Waals surface area (Å²) in [4.78, 5) is 32.1. The second-order valence-electron chi connectivity index (χ2n) is 9.08. The van der Waals surface area contributed by atoms with Crippen LogP contribution in [0, 0.1) is 12.7 Å². The Labute approximate surface area is 219 Å². The number of likely N-dealkylation sites (N-methyl/N-ethyl adjacent to an activating group) is 1. The first-order chi connectivity index (χ1) is 18.3. The van der Waals surface area contributed by atoms with Crippen molar-refractivity contribution in [2.45, 2.75) is 13.1 Å². The van der Waals surface area contributed by atoms with Gasteiger partial charge in [-0.05, 0) is 50.3 Å². The highest BCUT2D eigenvalue weighted by Crippen LogP contribution is 2.31. The summed E-state index contributed by atoms with van der Waals surface area (Å²) in [6, 6.07) is 5.23. The third-order valence-corrected chi connectivity index (χ3v) is 5.86. The summed E-state index contributed by atoms with van der Waals surface area (Å²) in [6.07, 6.45) is -3.14. The van der Waals surface area contributed by atoms with Gasteiger partial charge in [0.15, 0.2) is 5.69 Å². The fourth-order valence-electron chi connectivity index (χ4n) is 3.85. The number of rotatable bonds is 7. The third kappa shape index (κ3) is 6.17. The summed E-state index contributed by atoms with van der Waals surface area (Å²) in [5.41, 5.74) is -0.347. The normalized spacial score (nSPS) is 11.7. The molecule has 14 heteroatoms. The zero-order chi connectivity index (χ0) is 28.5. The van der Waals surface area contributed by atoms with Gasteiger partial charge in [-0.2, -0.15) is 13.2 Å². The Kier molecular flexibility index (Phi) is 7.58. The van der Waals surface area contributed by atoms with E-state index in [1.54, 1.807) is 32.3 Å². The molecular formula is C25H25F4N7O3. The molecule has 3 heterocycles. The number of urea groups is 1. The first-order valence-corrected chi connectivity index (χ1v) is 11.6. The Bertz CT molecular complexity index is 1600. The lowest BCUT2D eigenvalue weighted by Gasteiger charge is -2.15. The van der Waals surface area contributed by atoms with Crippen molar-refractivity contribution in [2.24, 2.45) is 7.05 Å². The molecular weight excluding hydrogens is 522 g/mol. The van der Waals surface area contributed by atoms with Crippen LogP contribution in [0.2, 0.25) is 0 Å². The van der Waals surface area contributed by atoms with Crippen LogP contribution < -0.4 is 21.5 Å². The summed E-state index contributed by atoms with van der Waals surface area (Å²) in [6.45, 7) is 3.06. The van der Waals surface area contributed by atoms with E-state index in [1.165, 1.54) is 10.6 Å². The topological polar surface area (TPSA) is 117 Å². The van der Waals surface area contributed by atoms with Crippen molar-refractivity contribution >= 4 is 34.3 Å². The molecule has 0 radical (unpaired) electrons. The number of aromatic nitrogens is 3. The molecule has 0 saturated heterocycles. The van der Waals surface area contributed by atoms with E-state index in [-0.39, 0.29) is 16.8 Å². The minimum atomic E-state index is -4.76. The number of nitrogens with one attached hydrogen (secondary N) is 3. The van der Waals surface area contributed by atoms with Crippen LogP contribution in [-0.4, -0.2) is 52.8 Å². The van der Waals surface area contributed by atoms with Crippen LogP contribution in [0.15, 0.2) is 45.8 Å². The standard InChI is InChI=1S/C25H25F4N7O3/c1-13-7-17(26)18(32-24(38)33-22-11-20(34-39-22)25(27,28)29)9-15(13)16-8-14-12-31-21(30-5-6-35(2)3)10-19(14)36(4)23(16)37/h7-12H,5-6H2,1-4H3,(H,30,31)(H2,32,33,38). The van der Waals surface area contributed by atoms with Gasteiger partial charge in [-0.1, -0.05) is 5.16 Å². The Morgan fingerprint density at radius 1 is 1.10 bits per heavy atom. The van der Waals surface area contributed by atoms with Crippen LogP contribution in [0.4, 0.5) is 39.7 Å². The molecule has 0 aliphatic heterocycles. The van der Waals surface area contributed by atoms with E-state index in [1.807, 2.05) is 24.3 Å². The highest BCUT2D eigenvalue weighted by atomic mass is 19.4. The summed E-state index contributed by atoms with van der Waals surface area (Å²) in [7, 11) is 5.51. The lowest BCUT2D eigenvalue weighted by atomic mass is 9.99. The highest BCUT2D eigenvalue weighted by molar-refractivity contribution is 5.99. The summed E-state index contributed by atoms with van der Waals surface area (Å²) in [5.74, 6) is -0.789. The zero-order valence-electron chi connectivity index (χ0n) is 21.4. The molecule has 3 aromatic heterocycles. The summed E-state index contributed by atoms with van der Waals surface area (Å²) in [5, 5.41) is 10.9. The Morgan fingerprint density at radius 2 is 1.85 bits per heavy atom. The van der Waals surface area contributed by atoms with Crippen LogP contribution in [0.25, 0.3) is 22.0 Å². The molecule has 0 unspecified atom stereocenters. The van der Waals surface area contributed by atoms with Gasteiger partial charge in [-0.3, -0.25) is 10.1 Å². The van der Waals surface area contributed by atoms with Crippen molar-refractivity contribution in [3.8, 4) is 11.1 Å². The molecule has 0 fully saturated rings. The largest absolute Gasteiger partial charge is 0.436 e. The average Bonchev–Trinajstić information content (AvgIpc) is 3.32. The van der Waals surface area contributed by atoms with Crippen molar-refractivity contribution in [1.29, 1.82) is 0 Å². The number of hydrogen-bond donors (Lipinski definition) is 3. The van der Waals surface area contributed by atoms with Crippen molar-refractivity contribution < 1.29 is 26.9 Å². The maximum Gasteiger partial charge on any atom is 0.436 e. The number of hydrogen-bond acceptors (Lipinski definition) is 7. The van der Waals surface area contributed by atoms with Gasteiger partial charge in [0.1, 0.15) is 11.6 Å². The second kappa shape index (κ2) is 10.7. The Balaban J connectivity index is 1.62. The van der Waals surface area contributed by atoms with Gasteiger partial charge in [-0.25, -0.2) is 14.2 Å². The van der Waals surface area contributed by atoms with Crippen LogP contribution in [0.5, 0.6) is 0 Å². The van der Waals surface area contributed by atoms with Crippen molar-refractivity contribution in [3.63, 3.8) is 0 Å². The number of alkyl halides is 3. The summed E-state index contributed by atoms with van der Waals surface area (Å²) >= 11 is 0. The lowest BCUT2D eigenvalue weighted by Crippen LogP contribution is -2.22. The number of aryl methyl sites for hydroxylation is 2. The van der Waals surface area contributed by atoms with Gasteiger partial charge in [0, 0.05) is 49.4 Å². The fourth-order valence-corrected chi connectivity index (χ4v) is 3.85. The molecule has 0 atom stereocenters. The molecule has 0 bridgehead atoms. The Morgan fingerprint density at radius 3 is 2.51 bits per heavy atom. The van der Waals surface area contributed by atoms with E-state index in [0.29, 0.717) is 40.5 Å². The SMILES string of the molecule is Cc1cc(F)c(NC(=O)Nc2cc(C(F)(F)F)no2)cc1-c1cc2cnc(NCCN(C)C)cc2n(C)c1=O. The maximum atomic E-state index is 14.7. The zero-order valence-corrected chi connectivity index (χ0v) is 21.4. The van der Waals surface area contributed by atoms with E-state index < -0.39 is 29.6 Å². The first-order valence-electron chi connectivity index (χ1n) is 11.6. The monoisotopic (exact) mass is 547 g/mol. The highest BCUT2D eigenvalue weighted by Gasteiger charge is 2.35. The van der Waals surface area contributed by atoms with Gasteiger partial charge in [0.25, 0.3) is 5.56 Å². The molecule has 4 aromatic rings. The number of halogens is 4. The minimum absolute atomic E-state index is 0.242. The predicted octanol–water partition coefficient (Wildman–Crippen LogP) is 4.67. The van der Waals surface area contributed by atoms with Gasteiger partial charge in [0.2, 0.25) is 5.88 Å². The molecule has 0 aliphatic carbocycles. The van der Waals surface area contributed by atoms with Crippen molar-refractivity contribution in [3.05, 3.63) is 64.0 Å². The molecule has 10 nitrogen and oxygen atoms in total. The van der Waals surface area contributed by atoms with Gasteiger partial charge in [-0.15, -0.1) is 0 Å². The molecule has 0 saturated carbocycles. The van der Waals surface area contributed by atoms with E-state index in [9.17, 15) is 27.2 Å². The van der Waals surface area contributed by atoms with Gasteiger partial charge in [0.05, 0.1) is 11.2 Å². The molecule has 0 aliphatic rings. The molecule has 4 rings (SSSR count). The molecule has 1 aromatic carbocycles. The molecule has 3 N–H and O–H groups in total. The fraction of sp³-hybridized carbons (Fsp3) is 0.280. The number of benzene rings is 1. The first kappa shape index (κ1) is 27.6.